The Kier molecular flexibility index (Phi) is 9.10. The molecule has 4 heterocycles. The number of pyridine rings is 1. The summed E-state index contributed by atoms with van der Waals surface area (Å²) in [5.74, 6) is -0.431. The van der Waals surface area contributed by atoms with E-state index in [0.717, 1.165) is 11.3 Å². The van der Waals surface area contributed by atoms with Crippen LogP contribution in [0.5, 0.6) is 0 Å². The highest BCUT2D eigenvalue weighted by Gasteiger charge is 2.52. The number of amides is 1. The molecule has 0 aliphatic heterocycles. The zero-order chi connectivity index (χ0) is 33.9. The molecule has 0 aromatic carbocycles. The van der Waals surface area contributed by atoms with Gasteiger partial charge in [-0.2, -0.15) is 15.3 Å². The Labute approximate surface area is 282 Å². The van der Waals surface area contributed by atoms with Gasteiger partial charge in [0.25, 0.3) is 0 Å². The first-order valence-electron chi connectivity index (χ1n) is 15.4. The van der Waals surface area contributed by atoms with E-state index in [-0.39, 0.29) is 16.0 Å². The number of halogens is 2. The molecule has 1 amide bonds. The first kappa shape index (κ1) is 34.6. The van der Waals surface area contributed by atoms with E-state index in [1.165, 1.54) is 4.80 Å². The summed E-state index contributed by atoms with van der Waals surface area (Å²) in [6, 6.07) is 3.37. The van der Waals surface area contributed by atoms with Crippen LogP contribution in [-0.4, -0.2) is 70.3 Å². The van der Waals surface area contributed by atoms with E-state index in [0.29, 0.717) is 47.0 Å². The minimum atomic E-state index is -2.21. The molecule has 11 nitrogen and oxygen atoms in total. The largest absolute Gasteiger partial charge is 0.416 e. The standard InChI is InChI=1S/C31H44Cl2N8O3Si2/c1-29(2,3)45(7,8)43-18-31(19-44-46(9,10)30(4,5)6)15-21(22-17-34-25-14-24(33)39-40(25)26(22)31)28(42)38-20-13-23(32)27(35-16-20)41-36-11-12-37-41/h11-14,16-17,21H,15,18-19H2,1-10H3,(H,38,42). The summed E-state index contributed by atoms with van der Waals surface area (Å²) in [6.07, 6.45) is 6.83. The molecular formula is C31H44Cl2N8O3Si2. The van der Waals surface area contributed by atoms with Crippen LogP contribution in [0.2, 0.25) is 46.4 Å². The highest BCUT2D eigenvalue weighted by Crippen LogP contribution is 2.50. The van der Waals surface area contributed by atoms with Crippen molar-refractivity contribution >= 4 is 57.1 Å². The van der Waals surface area contributed by atoms with E-state index in [2.05, 4.69) is 98.3 Å². The van der Waals surface area contributed by atoms with Gasteiger partial charge in [-0.25, -0.2) is 14.5 Å². The molecule has 248 valence electrons. The van der Waals surface area contributed by atoms with Crippen LogP contribution in [-0.2, 0) is 19.1 Å². The number of carbonyl (C=O) groups is 1. The summed E-state index contributed by atoms with van der Waals surface area (Å²) in [4.78, 5) is 24.6. The molecule has 0 radical (unpaired) electrons. The summed E-state index contributed by atoms with van der Waals surface area (Å²) in [5.41, 5.74) is 1.96. The van der Waals surface area contributed by atoms with Crippen molar-refractivity contribution in [1.82, 2.24) is 34.6 Å². The van der Waals surface area contributed by atoms with Crippen LogP contribution >= 0.6 is 23.2 Å². The Balaban J connectivity index is 1.57. The Morgan fingerprint density at radius 3 is 2.09 bits per heavy atom. The maximum absolute atomic E-state index is 14.2. The second-order valence-corrected chi connectivity index (χ2v) is 25.7. The number of anilines is 1. The van der Waals surface area contributed by atoms with Crippen molar-refractivity contribution in [2.75, 3.05) is 18.5 Å². The summed E-state index contributed by atoms with van der Waals surface area (Å²) < 4.78 is 15.7. The zero-order valence-corrected chi connectivity index (χ0v) is 31.8. The number of fused-ring (bicyclic) bond motifs is 3. The van der Waals surface area contributed by atoms with Gasteiger partial charge < -0.3 is 14.2 Å². The highest BCUT2D eigenvalue weighted by molar-refractivity contribution is 6.74. The third kappa shape index (κ3) is 6.54. The van der Waals surface area contributed by atoms with Crippen LogP contribution in [0.15, 0.2) is 36.9 Å². The van der Waals surface area contributed by atoms with Gasteiger partial charge in [0.2, 0.25) is 5.91 Å². The lowest BCUT2D eigenvalue weighted by Gasteiger charge is -2.43. The van der Waals surface area contributed by atoms with E-state index >= 15 is 0 Å². The normalized spacial score (nSPS) is 17.0. The molecule has 4 aromatic heterocycles. The summed E-state index contributed by atoms with van der Waals surface area (Å²) >= 11 is 13.0. The van der Waals surface area contributed by atoms with Crippen LogP contribution in [0.1, 0.15) is 65.1 Å². The number of carbonyl (C=O) groups excluding carboxylic acids is 1. The number of aromatic nitrogens is 7. The number of nitrogens with zero attached hydrogens (tertiary/aromatic N) is 7. The number of nitrogens with one attached hydrogen (secondary N) is 1. The molecule has 0 saturated heterocycles. The van der Waals surface area contributed by atoms with Crippen molar-refractivity contribution in [2.45, 2.75) is 95.6 Å². The SMILES string of the molecule is CC(C)(C)[Si](C)(C)OCC1(CO[Si](C)(C)C(C)(C)C)CC(C(=O)Nc2cnc(-n3nccn3)c(Cl)c2)c2cnc3cc(Cl)nn3c21. The van der Waals surface area contributed by atoms with E-state index < -0.39 is 28.0 Å². The van der Waals surface area contributed by atoms with Crippen molar-refractivity contribution in [1.29, 1.82) is 0 Å². The van der Waals surface area contributed by atoms with Crippen molar-refractivity contribution in [3.05, 3.63) is 58.4 Å². The van der Waals surface area contributed by atoms with Crippen LogP contribution in [0.25, 0.3) is 11.5 Å². The zero-order valence-electron chi connectivity index (χ0n) is 28.3. The maximum atomic E-state index is 14.2. The second kappa shape index (κ2) is 12.1. The third-order valence-corrected chi connectivity index (χ3v) is 19.4. The monoisotopic (exact) mass is 702 g/mol. The molecule has 1 N–H and O–H groups in total. The predicted octanol–water partition coefficient (Wildman–Crippen LogP) is 7.42. The van der Waals surface area contributed by atoms with Gasteiger partial charge in [-0.15, -0.1) is 4.80 Å². The van der Waals surface area contributed by atoms with Gasteiger partial charge in [-0.3, -0.25) is 4.79 Å². The Bertz CT molecular complexity index is 1720. The van der Waals surface area contributed by atoms with E-state index in [1.54, 1.807) is 41.4 Å². The molecule has 0 fully saturated rings. The molecule has 15 heteroatoms. The molecule has 1 unspecified atom stereocenters. The lowest BCUT2D eigenvalue weighted by molar-refractivity contribution is -0.117. The Morgan fingerprint density at radius 1 is 0.957 bits per heavy atom. The molecule has 0 bridgehead atoms. The average molecular weight is 704 g/mol. The smallest absolute Gasteiger partial charge is 0.232 e. The van der Waals surface area contributed by atoms with Gasteiger partial charge in [0.1, 0.15) is 0 Å². The lowest BCUT2D eigenvalue weighted by Crippen LogP contribution is -2.50. The number of hydrogen-bond acceptors (Lipinski definition) is 8. The van der Waals surface area contributed by atoms with Gasteiger partial charge in [0.05, 0.1) is 46.3 Å². The van der Waals surface area contributed by atoms with Gasteiger partial charge in [0, 0.05) is 31.0 Å². The fourth-order valence-corrected chi connectivity index (χ4v) is 7.66. The fraction of sp³-hybridized carbons (Fsp3) is 0.548. The van der Waals surface area contributed by atoms with Crippen LogP contribution in [0.4, 0.5) is 5.69 Å². The first-order valence-corrected chi connectivity index (χ1v) is 22.0. The van der Waals surface area contributed by atoms with Crippen molar-refractivity contribution in [2.24, 2.45) is 0 Å². The van der Waals surface area contributed by atoms with Crippen molar-refractivity contribution < 1.29 is 13.6 Å². The van der Waals surface area contributed by atoms with Crippen molar-refractivity contribution in [3.63, 3.8) is 0 Å². The van der Waals surface area contributed by atoms with E-state index in [9.17, 15) is 4.79 Å². The van der Waals surface area contributed by atoms with E-state index in [1.807, 2.05) is 0 Å². The summed E-state index contributed by atoms with van der Waals surface area (Å²) in [5, 5.41) is 16.5. The summed E-state index contributed by atoms with van der Waals surface area (Å²) in [7, 11) is -4.42. The van der Waals surface area contributed by atoms with Gasteiger partial charge in [-0.1, -0.05) is 64.7 Å². The topological polar surface area (TPSA) is 121 Å². The fourth-order valence-electron chi connectivity index (χ4n) is 5.10. The number of rotatable bonds is 9. The lowest BCUT2D eigenvalue weighted by atomic mass is 9.85. The molecule has 46 heavy (non-hydrogen) atoms. The minimum Gasteiger partial charge on any atom is -0.416 e. The molecule has 1 aliphatic carbocycles. The minimum absolute atomic E-state index is 0.0145. The predicted molar refractivity (Wildman–Crippen MR) is 186 cm³/mol. The molecule has 1 aliphatic rings. The van der Waals surface area contributed by atoms with Gasteiger partial charge >= 0.3 is 0 Å². The third-order valence-electron chi connectivity index (χ3n) is 10.00. The summed E-state index contributed by atoms with van der Waals surface area (Å²) in [6.45, 7) is 23.0. The van der Waals surface area contributed by atoms with Crippen LogP contribution < -0.4 is 5.32 Å². The van der Waals surface area contributed by atoms with E-state index in [4.69, 9.17) is 32.1 Å². The second-order valence-electron chi connectivity index (χ2n) is 15.3. The first-order chi connectivity index (χ1) is 21.2. The molecule has 4 aromatic rings. The maximum Gasteiger partial charge on any atom is 0.232 e. The molecule has 1 atom stereocenters. The Morgan fingerprint density at radius 2 is 1.54 bits per heavy atom. The van der Waals surface area contributed by atoms with Crippen LogP contribution in [0, 0.1) is 0 Å². The Hall–Kier alpha value is -2.69. The van der Waals surface area contributed by atoms with Gasteiger partial charge in [0.15, 0.2) is 33.3 Å². The molecule has 5 rings (SSSR count). The molecule has 0 saturated carbocycles. The number of hydrogen-bond donors (Lipinski definition) is 1. The molecule has 0 spiro atoms. The molecular weight excluding hydrogens is 659 g/mol. The average Bonchev–Trinajstić information content (AvgIpc) is 3.67. The quantitative estimate of drug-likeness (QED) is 0.179. The van der Waals surface area contributed by atoms with Crippen LogP contribution in [0.3, 0.4) is 0 Å². The van der Waals surface area contributed by atoms with Crippen molar-refractivity contribution in [3.8, 4) is 5.82 Å². The highest BCUT2D eigenvalue weighted by atomic mass is 35.5. The van der Waals surface area contributed by atoms with Gasteiger partial charge in [-0.05, 0) is 48.8 Å².